The van der Waals surface area contributed by atoms with E-state index in [1.165, 1.54) is 13.3 Å². The average Bonchev–Trinajstić information content (AvgIpc) is 2.37. The van der Waals surface area contributed by atoms with Crippen molar-refractivity contribution in [2.24, 2.45) is 0 Å². The molecule has 1 rings (SSSR count). The molecule has 0 atom stereocenters. The molecule has 0 aliphatic rings. The highest BCUT2D eigenvalue weighted by molar-refractivity contribution is 5.93. The molecule has 0 saturated heterocycles. The summed E-state index contributed by atoms with van der Waals surface area (Å²) in [6.45, 7) is -0.00153. The summed E-state index contributed by atoms with van der Waals surface area (Å²) < 4.78 is 4.61. The van der Waals surface area contributed by atoms with E-state index in [9.17, 15) is 4.79 Å². The first kappa shape index (κ1) is 8.54. The maximum Gasteiger partial charge on any atom is 0.251 e. The van der Waals surface area contributed by atoms with Crippen molar-refractivity contribution in [3.05, 3.63) is 6.20 Å². The van der Waals surface area contributed by atoms with E-state index < -0.39 is 0 Å². The van der Waals surface area contributed by atoms with Gasteiger partial charge in [0.05, 0.1) is 11.9 Å². The van der Waals surface area contributed by atoms with E-state index in [0.29, 0.717) is 11.5 Å². The van der Waals surface area contributed by atoms with Crippen LogP contribution in [-0.2, 0) is 9.53 Å². The highest BCUT2D eigenvalue weighted by atomic mass is 16.5. The minimum absolute atomic E-state index is 0.00153. The van der Waals surface area contributed by atoms with Crippen LogP contribution in [0.2, 0.25) is 0 Å². The van der Waals surface area contributed by atoms with Gasteiger partial charge in [-0.25, -0.2) is 0 Å². The number of H-pyrrole nitrogens is 1. The fraction of sp³-hybridized carbons (Fsp3) is 0.333. The number of aromatic nitrogens is 2. The molecule has 4 N–H and O–H groups in total. The Kier molecular flexibility index (Phi) is 2.65. The van der Waals surface area contributed by atoms with Crippen LogP contribution in [0.4, 0.5) is 11.5 Å². The Balaban J connectivity index is 2.52. The van der Waals surface area contributed by atoms with Gasteiger partial charge in [-0.3, -0.25) is 9.89 Å². The third-order valence-corrected chi connectivity index (χ3v) is 1.21. The summed E-state index contributed by atoms with van der Waals surface area (Å²) in [4.78, 5) is 10.9. The summed E-state index contributed by atoms with van der Waals surface area (Å²) in [7, 11) is 1.44. The van der Waals surface area contributed by atoms with Crippen molar-refractivity contribution < 1.29 is 9.53 Å². The van der Waals surface area contributed by atoms with Crippen LogP contribution in [-0.4, -0.2) is 29.8 Å². The van der Waals surface area contributed by atoms with E-state index in [-0.39, 0.29) is 12.5 Å². The molecule has 12 heavy (non-hydrogen) atoms. The predicted octanol–water partition coefficient (Wildman–Crippen LogP) is -0.423. The maximum atomic E-state index is 10.9. The monoisotopic (exact) mass is 170 g/mol. The summed E-state index contributed by atoms with van der Waals surface area (Å²) in [6.07, 6.45) is 1.42. The van der Waals surface area contributed by atoms with Crippen LogP contribution in [0.25, 0.3) is 0 Å². The van der Waals surface area contributed by atoms with Crippen LogP contribution in [0.1, 0.15) is 0 Å². The smallest absolute Gasteiger partial charge is 0.251 e. The van der Waals surface area contributed by atoms with E-state index in [4.69, 9.17) is 5.73 Å². The van der Waals surface area contributed by atoms with Gasteiger partial charge in [0.2, 0.25) is 0 Å². The highest BCUT2D eigenvalue weighted by Crippen LogP contribution is 2.11. The Hall–Kier alpha value is -1.56. The summed E-state index contributed by atoms with van der Waals surface area (Å²) >= 11 is 0. The van der Waals surface area contributed by atoms with Gasteiger partial charge in [0.15, 0.2) is 5.82 Å². The number of carbonyl (C=O) groups is 1. The largest absolute Gasteiger partial charge is 0.394 e. The van der Waals surface area contributed by atoms with Gasteiger partial charge in [-0.2, -0.15) is 5.10 Å². The number of rotatable bonds is 3. The number of nitrogens with two attached hydrogens (primary N) is 1. The minimum Gasteiger partial charge on any atom is -0.394 e. The van der Waals surface area contributed by atoms with Crippen molar-refractivity contribution in [2.45, 2.75) is 0 Å². The molecule has 0 spiro atoms. The minimum atomic E-state index is -0.270. The third kappa shape index (κ3) is 1.96. The zero-order chi connectivity index (χ0) is 8.97. The van der Waals surface area contributed by atoms with E-state index in [1.54, 1.807) is 0 Å². The fourth-order valence-corrected chi connectivity index (χ4v) is 0.702. The maximum absolute atomic E-state index is 10.9. The van der Waals surface area contributed by atoms with Crippen molar-refractivity contribution in [1.82, 2.24) is 10.2 Å². The zero-order valence-electron chi connectivity index (χ0n) is 6.63. The van der Waals surface area contributed by atoms with Gasteiger partial charge >= 0.3 is 0 Å². The van der Waals surface area contributed by atoms with Crippen molar-refractivity contribution in [1.29, 1.82) is 0 Å². The topological polar surface area (TPSA) is 93.0 Å². The molecule has 1 aromatic heterocycles. The number of carbonyl (C=O) groups excluding carboxylic acids is 1. The van der Waals surface area contributed by atoms with Crippen molar-refractivity contribution in [3.63, 3.8) is 0 Å². The number of hydrogen-bond acceptors (Lipinski definition) is 4. The van der Waals surface area contributed by atoms with E-state index in [1.807, 2.05) is 0 Å². The third-order valence-electron chi connectivity index (χ3n) is 1.21. The predicted molar refractivity (Wildman–Crippen MR) is 43.5 cm³/mol. The Bertz CT molecular complexity index is 270. The Morgan fingerprint density at radius 3 is 3.17 bits per heavy atom. The second-order valence-corrected chi connectivity index (χ2v) is 2.18. The van der Waals surface area contributed by atoms with Crippen molar-refractivity contribution >= 4 is 17.4 Å². The lowest BCUT2D eigenvalue weighted by Crippen LogP contribution is -2.18. The fourth-order valence-electron chi connectivity index (χ4n) is 0.702. The number of methoxy groups -OCH3 is 1. The van der Waals surface area contributed by atoms with E-state index >= 15 is 0 Å². The molecule has 0 bridgehead atoms. The van der Waals surface area contributed by atoms with Crippen LogP contribution in [0, 0.1) is 0 Å². The van der Waals surface area contributed by atoms with Gasteiger partial charge in [0, 0.05) is 7.11 Å². The summed E-state index contributed by atoms with van der Waals surface area (Å²) in [5.74, 6) is 0.130. The number of hydrogen-bond donors (Lipinski definition) is 3. The molecule has 0 unspecified atom stereocenters. The van der Waals surface area contributed by atoms with Gasteiger partial charge in [0.1, 0.15) is 6.61 Å². The number of amides is 1. The van der Waals surface area contributed by atoms with E-state index in [0.717, 1.165) is 0 Å². The van der Waals surface area contributed by atoms with Crippen molar-refractivity contribution in [3.8, 4) is 0 Å². The molecule has 1 heterocycles. The van der Waals surface area contributed by atoms with Crippen LogP contribution < -0.4 is 11.1 Å². The lowest BCUT2D eigenvalue weighted by molar-refractivity contribution is -0.119. The zero-order valence-corrected chi connectivity index (χ0v) is 6.63. The molecule has 66 valence electrons. The van der Waals surface area contributed by atoms with Gasteiger partial charge in [-0.1, -0.05) is 0 Å². The average molecular weight is 170 g/mol. The highest BCUT2D eigenvalue weighted by Gasteiger charge is 2.04. The first-order valence-electron chi connectivity index (χ1n) is 3.31. The number of nitrogens with one attached hydrogen (secondary N) is 2. The molecule has 0 radical (unpaired) electrons. The second-order valence-electron chi connectivity index (χ2n) is 2.18. The number of ether oxygens (including phenoxy) is 1. The molecule has 1 amide bonds. The molecule has 6 heteroatoms. The molecule has 0 aliphatic carbocycles. The van der Waals surface area contributed by atoms with Crippen LogP contribution in [0.15, 0.2) is 6.20 Å². The Morgan fingerprint density at radius 2 is 2.67 bits per heavy atom. The molecular formula is C6H10N4O2. The first-order valence-corrected chi connectivity index (χ1v) is 3.31. The second kappa shape index (κ2) is 3.72. The Labute approximate surface area is 69.1 Å². The summed E-state index contributed by atoms with van der Waals surface area (Å²) in [5.41, 5.74) is 5.84. The molecule has 6 nitrogen and oxygen atoms in total. The molecule has 1 aromatic rings. The molecular weight excluding hydrogens is 160 g/mol. The standard InChI is InChI=1S/C6H10N4O2/c1-12-3-5(11)9-6-4(7)2-8-10-6/h2H,3,7H2,1H3,(H2,8,9,10,11). The van der Waals surface area contributed by atoms with Crippen molar-refractivity contribution in [2.75, 3.05) is 24.8 Å². The summed E-state index contributed by atoms with van der Waals surface area (Å²) in [6, 6.07) is 0. The van der Waals surface area contributed by atoms with Gasteiger partial charge < -0.3 is 15.8 Å². The Morgan fingerprint density at radius 1 is 1.92 bits per heavy atom. The van der Waals surface area contributed by atoms with Crippen LogP contribution in [0.5, 0.6) is 0 Å². The number of anilines is 2. The molecule has 0 aromatic carbocycles. The van der Waals surface area contributed by atoms with E-state index in [2.05, 4.69) is 20.3 Å². The quantitative estimate of drug-likeness (QED) is 0.574. The van der Waals surface area contributed by atoms with Gasteiger partial charge in [-0.05, 0) is 0 Å². The first-order chi connectivity index (χ1) is 5.74. The molecule has 0 fully saturated rings. The normalized spacial score (nSPS) is 9.75. The lowest BCUT2D eigenvalue weighted by Gasteiger charge is -2.01. The summed E-state index contributed by atoms with van der Waals surface area (Å²) in [5, 5.41) is 8.65. The molecule has 0 aliphatic heterocycles. The number of nitrogen functional groups attached to an aromatic ring is 1. The molecule has 0 saturated carbocycles. The number of aromatic amines is 1. The number of nitrogens with zero attached hydrogens (tertiary/aromatic N) is 1. The van der Waals surface area contributed by atoms with Gasteiger partial charge in [0.25, 0.3) is 5.91 Å². The van der Waals surface area contributed by atoms with Crippen LogP contribution >= 0.6 is 0 Å². The van der Waals surface area contributed by atoms with Crippen LogP contribution in [0.3, 0.4) is 0 Å². The SMILES string of the molecule is COCC(=O)Nc1[nH]ncc1N. The van der Waals surface area contributed by atoms with Gasteiger partial charge in [-0.15, -0.1) is 0 Å². The lowest BCUT2D eigenvalue weighted by atomic mass is 10.5.